The number of carbonyl (C=O) groups is 2. The predicted molar refractivity (Wildman–Crippen MR) is 107 cm³/mol. The van der Waals surface area contributed by atoms with E-state index in [2.05, 4.69) is 19.2 Å². The number of benzene rings is 2. The van der Waals surface area contributed by atoms with Crippen LogP contribution in [0.5, 0.6) is 11.5 Å². The summed E-state index contributed by atoms with van der Waals surface area (Å²) >= 11 is 0. The maximum atomic E-state index is 12.0. The number of ether oxygens (including phenoxy) is 3. The van der Waals surface area contributed by atoms with Crippen LogP contribution in [-0.2, 0) is 16.0 Å². The molecule has 0 unspecified atom stereocenters. The normalized spacial score (nSPS) is 10.4. The molecule has 0 aliphatic rings. The third-order valence-electron chi connectivity index (χ3n) is 3.90. The van der Waals surface area contributed by atoms with Gasteiger partial charge in [0.2, 0.25) is 0 Å². The fourth-order valence-corrected chi connectivity index (χ4v) is 2.35. The summed E-state index contributed by atoms with van der Waals surface area (Å²) in [6.45, 7) is 4.89. The minimum Gasteiger partial charge on any atom is -0.497 e. The van der Waals surface area contributed by atoms with Gasteiger partial charge in [0.25, 0.3) is 5.91 Å². The number of carbonyl (C=O) groups excluding carboxylic acids is 2. The van der Waals surface area contributed by atoms with E-state index in [0.29, 0.717) is 36.8 Å². The highest BCUT2D eigenvalue weighted by Gasteiger charge is 2.10. The van der Waals surface area contributed by atoms with E-state index in [4.69, 9.17) is 14.2 Å². The van der Waals surface area contributed by atoms with Gasteiger partial charge in [0.1, 0.15) is 11.5 Å². The lowest BCUT2D eigenvalue weighted by molar-refractivity contribution is -0.124. The number of hydrogen-bond donors (Lipinski definition) is 1. The zero-order valence-electron chi connectivity index (χ0n) is 16.6. The van der Waals surface area contributed by atoms with E-state index in [0.717, 1.165) is 11.3 Å². The van der Waals surface area contributed by atoms with Gasteiger partial charge < -0.3 is 19.5 Å². The van der Waals surface area contributed by atoms with Crippen LogP contribution in [0.3, 0.4) is 0 Å². The van der Waals surface area contributed by atoms with Crippen molar-refractivity contribution in [3.05, 3.63) is 59.7 Å². The highest BCUT2D eigenvalue weighted by Crippen LogP contribution is 2.14. The van der Waals surface area contributed by atoms with Gasteiger partial charge in [-0.3, -0.25) is 4.79 Å². The van der Waals surface area contributed by atoms with Gasteiger partial charge >= 0.3 is 5.97 Å². The summed E-state index contributed by atoms with van der Waals surface area (Å²) in [6.07, 6.45) is 0.682. The monoisotopic (exact) mass is 385 g/mol. The molecule has 1 amide bonds. The minimum absolute atomic E-state index is 0.312. The Hall–Kier alpha value is -3.02. The molecule has 0 radical (unpaired) electrons. The third kappa shape index (κ3) is 7.31. The van der Waals surface area contributed by atoms with Crippen molar-refractivity contribution in [2.75, 3.05) is 26.9 Å². The van der Waals surface area contributed by atoms with E-state index in [-0.39, 0.29) is 12.5 Å². The van der Waals surface area contributed by atoms with Crippen LogP contribution in [-0.4, -0.2) is 38.7 Å². The Morgan fingerprint density at radius 3 is 2.21 bits per heavy atom. The van der Waals surface area contributed by atoms with Crippen molar-refractivity contribution >= 4 is 11.9 Å². The predicted octanol–water partition coefficient (Wildman–Crippen LogP) is 3.25. The topological polar surface area (TPSA) is 73.9 Å². The summed E-state index contributed by atoms with van der Waals surface area (Å²) in [4.78, 5) is 23.9. The lowest BCUT2D eigenvalue weighted by Crippen LogP contribution is -2.30. The molecule has 0 heterocycles. The summed E-state index contributed by atoms with van der Waals surface area (Å²) in [5.74, 6) is 1.04. The highest BCUT2D eigenvalue weighted by atomic mass is 16.5. The second-order valence-electron chi connectivity index (χ2n) is 6.75. The lowest BCUT2D eigenvalue weighted by atomic mass is 10.1. The number of hydrogen-bond acceptors (Lipinski definition) is 5. The van der Waals surface area contributed by atoms with Crippen molar-refractivity contribution < 1.29 is 23.8 Å². The molecule has 2 rings (SSSR count). The van der Waals surface area contributed by atoms with Crippen molar-refractivity contribution in [3.63, 3.8) is 0 Å². The van der Waals surface area contributed by atoms with Crippen LogP contribution < -0.4 is 14.8 Å². The van der Waals surface area contributed by atoms with Crippen LogP contribution in [0, 0.1) is 5.92 Å². The summed E-state index contributed by atoms with van der Waals surface area (Å²) in [5, 5.41) is 2.74. The molecule has 1 N–H and O–H groups in total. The highest BCUT2D eigenvalue weighted by molar-refractivity contribution is 5.91. The lowest BCUT2D eigenvalue weighted by Gasteiger charge is -2.09. The molecular weight excluding hydrogens is 358 g/mol. The van der Waals surface area contributed by atoms with Gasteiger partial charge in [-0.1, -0.05) is 26.0 Å². The smallest absolute Gasteiger partial charge is 0.338 e. The van der Waals surface area contributed by atoms with Gasteiger partial charge in [-0.15, -0.1) is 0 Å². The molecule has 0 saturated heterocycles. The number of methoxy groups -OCH3 is 1. The largest absolute Gasteiger partial charge is 0.497 e. The van der Waals surface area contributed by atoms with Crippen LogP contribution in [0.25, 0.3) is 0 Å². The second-order valence-corrected chi connectivity index (χ2v) is 6.75. The maximum Gasteiger partial charge on any atom is 0.338 e. The first-order valence-electron chi connectivity index (χ1n) is 9.27. The Bertz CT molecular complexity index is 754. The fourth-order valence-electron chi connectivity index (χ4n) is 2.35. The van der Waals surface area contributed by atoms with Crippen LogP contribution >= 0.6 is 0 Å². The van der Waals surface area contributed by atoms with Crippen LogP contribution in [0.4, 0.5) is 0 Å². The van der Waals surface area contributed by atoms with Gasteiger partial charge in [-0.2, -0.15) is 0 Å². The number of rotatable bonds is 10. The molecule has 0 spiro atoms. The van der Waals surface area contributed by atoms with Crippen molar-refractivity contribution in [2.24, 2.45) is 5.92 Å². The molecule has 0 aliphatic heterocycles. The molecular formula is C22H27NO5. The summed E-state index contributed by atoms with van der Waals surface area (Å²) in [6, 6.07) is 14.3. The standard InChI is InChI=1S/C22H27NO5/c1-16(2)14-27-20-10-6-18(7-11-20)22(25)28-15-21(24)23-13-12-17-4-8-19(26-3)9-5-17/h4-11,16H,12-15H2,1-3H3,(H,23,24). The molecule has 0 aromatic heterocycles. The molecule has 0 atom stereocenters. The van der Waals surface area contributed by atoms with E-state index < -0.39 is 5.97 Å². The molecule has 0 fully saturated rings. The van der Waals surface area contributed by atoms with E-state index in [1.165, 1.54) is 0 Å². The summed E-state index contributed by atoms with van der Waals surface area (Å²) in [5.41, 5.74) is 1.46. The average Bonchev–Trinajstić information content (AvgIpc) is 2.71. The number of esters is 1. The van der Waals surface area contributed by atoms with E-state index in [1.807, 2.05) is 24.3 Å². The van der Waals surface area contributed by atoms with Crippen LogP contribution in [0.15, 0.2) is 48.5 Å². The van der Waals surface area contributed by atoms with E-state index in [1.54, 1.807) is 31.4 Å². The van der Waals surface area contributed by atoms with Gasteiger partial charge in [-0.05, 0) is 54.3 Å². The molecule has 6 nitrogen and oxygen atoms in total. The molecule has 0 saturated carbocycles. The van der Waals surface area contributed by atoms with E-state index >= 15 is 0 Å². The summed E-state index contributed by atoms with van der Waals surface area (Å²) < 4.78 is 15.7. The van der Waals surface area contributed by atoms with Gasteiger partial charge in [-0.25, -0.2) is 4.79 Å². The molecule has 6 heteroatoms. The molecule has 0 aliphatic carbocycles. The minimum atomic E-state index is -0.541. The molecule has 150 valence electrons. The Labute approximate surface area is 165 Å². The molecule has 28 heavy (non-hydrogen) atoms. The van der Waals surface area contributed by atoms with Crippen LogP contribution in [0.2, 0.25) is 0 Å². The quantitative estimate of drug-likeness (QED) is 0.636. The SMILES string of the molecule is COc1ccc(CCNC(=O)COC(=O)c2ccc(OCC(C)C)cc2)cc1. The van der Waals surface area contributed by atoms with Crippen molar-refractivity contribution in [2.45, 2.75) is 20.3 Å². The molecule has 2 aromatic rings. The fraction of sp³-hybridized carbons (Fsp3) is 0.364. The zero-order valence-corrected chi connectivity index (χ0v) is 16.6. The first-order chi connectivity index (χ1) is 13.5. The summed E-state index contributed by atoms with van der Waals surface area (Å²) in [7, 11) is 1.62. The van der Waals surface area contributed by atoms with Gasteiger partial charge in [0, 0.05) is 6.54 Å². The number of amides is 1. The Balaban J connectivity index is 1.69. The number of nitrogens with one attached hydrogen (secondary N) is 1. The molecule has 2 aromatic carbocycles. The first kappa shape index (κ1) is 21.3. The van der Waals surface area contributed by atoms with Crippen molar-refractivity contribution in [1.29, 1.82) is 0 Å². The van der Waals surface area contributed by atoms with Crippen LogP contribution in [0.1, 0.15) is 29.8 Å². The second kappa shape index (κ2) is 11.0. The molecule has 0 bridgehead atoms. The Kier molecular flexibility index (Phi) is 8.34. The third-order valence-corrected chi connectivity index (χ3v) is 3.90. The van der Waals surface area contributed by atoms with Crippen molar-refractivity contribution in [1.82, 2.24) is 5.32 Å². The Morgan fingerprint density at radius 1 is 0.964 bits per heavy atom. The average molecular weight is 385 g/mol. The van der Waals surface area contributed by atoms with E-state index in [9.17, 15) is 9.59 Å². The zero-order chi connectivity index (χ0) is 20.4. The van der Waals surface area contributed by atoms with Gasteiger partial charge in [0.05, 0.1) is 19.3 Å². The maximum absolute atomic E-state index is 12.0. The first-order valence-corrected chi connectivity index (χ1v) is 9.27. The van der Waals surface area contributed by atoms with Crippen molar-refractivity contribution in [3.8, 4) is 11.5 Å². The Morgan fingerprint density at radius 2 is 1.61 bits per heavy atom. The van der Waals surface area contributed by atoms with Gasteiger partial charge in [0.15, 0.2) is 6.61 Å².